The lowest BCUT2D eigenvalue weighted by atomic mass is 10.1. The zero-order valence-electron chi connectivity index (χ0n) is 12.2. The third kappa shape index (κ3) is 3.47. The molecule has 1 atom stereocenters. The van der Waals surface area contributed by atoms with Crippen LogP contribution in [0.4, 0.5) is 10.1 Å². The summed E-state index contributed by atoms with van der Waals surface area (Å²) in [5.41, 5.74) is 1.79. The summed E-state index contributed by atoms with van der Waals surface area (Å²) in [6, 6.07) is 6.59. The summed E-state index contributed by atoms with van der Waals surface area (Å²) in [6.45, 7) is 8.09. The summed E-state index contributed by atoms with van der Waals surface area (Å²) < 4.78 is 14.3. The molecule has 0 saturated carbocycles. The molecule has 0 spiro atoms. The van der Waals surface area contributed by atoms with Gasteiger partial charge in [0.2, 0.25) is 0 Å². The van der Waals surface area contributed by atoms with Crippen molar-refractivity contribution in [1.29, 1.82) is 0 Å². The van der Waals surface area contributed by atoms with Gasteiger partial charge in [0.05, 0.1) is 5.69 Å². The Balaban J connectivity index is 2.10. The van der Waals surface area contributed by atoms with Gasteiger partial charge in [0.25, 0.3) is 0 Å². The van der Waals surface area contributed by atoms with Crippen LogP contribution in [0.5, 0.6) is 0 Å². The predicted molar refractivity (Wildman–Crippen MR) is 79.0 cm³/mol. The molecule has 2 rings (SSSR count). The monoisotopic (exact) mass is 264 g/mol. The number of hydrogen-bond acceptors (Lipinski definition) is 2. The van der Waals surface area contributed by atoms with Crippen molar-refractivity contribution in [3.05, 3.63) is 29.6 Å². The van der Waals surface area contributed by atoms with Gasteiger partial charge in [0.1, 0.15) is 5.82 Å². The van der Waals surface area contributed by atoms with E-state index in [1.54, 1.807) is 6.07 Å². The van der Waals surface area contributed by atoms with Gasteiger partial charge in [-0.1, -0.05) is 26.8 Å². The molecule has 1 heterocycles. The lowest BCUT2D eigenvalue weighted by Gasteiger charge is -2.26. The van der Waals surface area contributed by atoms with Crippen LogP contribution in [0.1, 0.15) is 45.6 Å². The van der Waals surface area contributed by atoms with Crippen molar-refractivity contribution in [2.45, 2.75) is 58.7 Å². The number of halogens is 1. The molecule has 19 heavy (non-hydrogen) atoms. The third-order valence-corrected chi connectivity index (χ3v) is 3.88. The van der Waals surface area contributed by atoms with E-state index in [-0.39, 0.29) is 5.82 Å². The summed E-state index contributed by atoms with van der Waals surface area (Å²) in [5.74, 6) is -0.0802. The molecule has 1 aromatic carbocycles. The fraction of sp³-hybridized carbons (Fsp3) is 0.625. The molecule has 0 bridgehead atoms. The Morgan fingerprint density at radius 3 is 2.84 bits per heavy atom. The molecule has 106 valence electrons. The molecule has 1 aliphatic rings. The van der Waals surface area contributed by atoms with Crippen LogP contribution in [-0.4, -0.2) is 18.6 Å². The van der Waals surface area contributed by atoms with Gasteiger partial charge in [0, 0.05) is 25.2 Å². The van der Waals surface area contributed by atoms with Crippen LogP contribution in [0.3, 0.4) is 0 Å². The minimum atomic E-state index is -0.0802. The Labute approximate surface area is 116 Å². The van der Waals surface area contributed by atoms with Gasteiger partial charge in [0.15, 0.2) is 0 Å². The van der Waals surface area contributed by atoms with E-state index in [9.17, 15) is 4.39 Å². The first-order valence-electron chi connectivity index (χ1n) is 7.40. The Morgan fingerprint density at radius 2 is 2.21 bits per heavy atom. The zero-order chi connectivity index (χ0) is 13.8. The van der Waals surface area contributed by atoms with E-state index in [1.165, 1.54) is 12.8 Å². The fourth-order valence-electron chi connectivity index (χ4n) is 2.79. The van der Waals surface area contributed by atoms with Gasteiger partial charge in [-0.25, -0.2) is 4.39 Å². The molecule has 1 saturated heterocycles. The first kappa shape index (κ1) is 14.3. The van der Waals surface area contributed by atoms with E-state index in [2.05, 4.69) is 31.0 Å². The molecule has 0 aliphatic carbocycles. The van der Waals surface area contributed by atoms with Gasteiger partial charge in [-0.05, 0) is 37.0 Å². The number of anilines is 1. The lowest BCUT2D eigenvalue weighted by molar-refractivity contribution is 0.576. The molecule has 1 unspecified atom stereocenters. The van der Waals surface area contributed by atoms with Crippen molar-refractivity contribution >= 4 is 5.69 Å². The maximum atomic E-state index is 14.3. The smallest absolute Gasteiger partial charge is 0.146 e. The Morgan fingerprint density at radius 1 is 1.42 bits per heavy atom. The number of nitrogens with one attached hydrogen (secondary N) is 1. The highest BCUT2D eigenvalue weighted by molar-refractivity contribution is 5.51. The van der Waals surface area contributed by atoms with E-state index in [4.69, 9.17) is 0 Å². The number of nitrogens with zero attached hydrogens (tertiary/aromatic N) is 1. The van der Waals surface area contributed by atoms with Gasteiger partial charge >= 0.3 is 0 Å². The molecule has 0 radical (unpaired) electrons. The minimum Gasteiger partial charge on any atom is -0.366 e. The molecule has 1 aromatic rings. The molecule has 0 amide bonds. The van der Waals surface area contributed by atoms with Crippen molar-refractivity contribution in [2.75, 3.05) is 11.4 Å². The van der Waals surface area contributed by atoms with Gasteiger partial charge in [-0.2, -0.15) is 0 Å². The van der Waals surface area contributed by atoms with E-state index >= 15 is 0 Å². The van der Waals surface area contributed by atoms with Crippen LogP contribution in [0.15, 0.2) is 18.2 Å². The molecule has 2 nitrogen and oxygen atoms in total. The molecule has 1 N–H and O–H groups in total. The highest BCUT2D eigenvalue weighted by Gasteiger charge is 2.25. The van der Waals surface area contributed by atoms with E-state index in [0.29, 0.717) is 12.1 Å². The second kappa shape index (κ2) is 6.38. The van der Waals surface area contributed by atoms with Crippen molar-refractivity contribution in [3.8, 4) is 0 Å². The average molecular weight is 264 g/mol. The molecular formula is C16H25FN2. The summed E-state index contributed by atoms with van der Waals surface area (Å²) in [6.07, 6.45) is 3.46. The van der Waals surface area contributed by atoms with E-state index < -0.39 is 0 Å². The van der Waals surface area contributed by atoms with Crippen molar-refractivity contribution in [3.63, 3.8) is 0 Å². The fourth-order valence-corrected chi connectivity index (χ4v) is 2.79. The quantitative estimate of drug-likeness (QED) is 0.872. The Hall–Kier alpha value is -1.09. The highest BCUT2D eigenvalue weighted by atomic mass is 19.1. The summed E-state index contributed by atoms with van der Waals surface area (Å²) in [4.78, 5) is 2.23. The topological polar surface area (TPSA) is 15.3 Å². The van der Waals surface area contributed by atoms with Gasteiger partial charge < -0.3 is 10.2 Å². The van der Waals surface area contributed by atoms with Crippen LogP contribution >= 0.6 is 0 Å². The highest BCUT2D eigenvalue weighted by Crippen LogP contribution is 2.29. The van der Waals surface area contributed by atoms with Gasteiger partial charge in [-0.3, -0.25) is 0 Å². The van der Waals surface area contributed by atoms with E-state index in [1.807, 2.05) is 12.1 Å². The minimum absolute atomic E-state index is 0.0802. The SMILES string of the molecule is CCC1CCCN1c1ccc(CNC(C)C)cc1F. The summed E-state index contributed by atoms with van der Waals surface area (Å²) >= 11 is 0. The summed E-state index contributed by atoms with van der Waals surface area (Å²) in [5, 5.41) is 3.32. The van der Waals surface area contributed by atoms with Crippen LogP contribution in [-0.2, 0) is 6.54 Å². The van der Waals surface area contributed by atoms with Crippen molar-refractivity contribution < 1.29 is 4.39 Å². The largest absolute Gasteiger partial charge is 0.366 e. The molecule has 0 aromatic heterocycles. The van der Waals surface area contributed by atoms with Gasteiger partial charge in [-0.15, -0.1) is 0 Å². The standard InChI is InChI=1S/C16H25FN2/c1-4-14-6-5-9-19(14)16-8-7-13(10-15(16)17)11-18-12(2)3/h7-8,10,12,14,18H,4-6,9,11H2,1-3H3. The van der Waals surface area contributed by atoms with Crippen molar-refractivity contribution in [1.82, 2.24) is 5.32 Å². The molecular weight excluding hydrogens is 239 g/mol. The maximum Gasteiger partial charge on any atom is 0.146 e. The van der Waals surface area contributed by atoms with Crippen LogP contribution < -0.4 is 10.2 Å². The normalized spacial score (nSPS) is 19.4. The predicted octanol–water partition coefficient (Wildman–Crippen LogP) is 3.70. The van der Waals surface area contributed by atoms with Crippen LogP contribution in [0.25, 0.3) is 0 Å². The molecule has 1 fully saturated rings. The maximum absolute atomic E-state index is 14.3. The Kier molecular flexibility index (Phi) is 4.81. The second-order valence-electron chi connectivity index (χ2n) is 5.72. The molecule has 3 heteroatoms. The first-order chi connectivity index (χ1) is 9.11. The Bertz CT molecular complexity index is 417. The van der Waals surface area contributed by atoms with Crippen LogP contribution in [0, 0.1) is 5.82 Å². The number of rotatable bonds is 5. The number of hydrogen-bond donors (Lipinski definition) is 1. The molecule has 1 aliphatic heterocycles. The number of benzene rings is 1. The summed E-state index contributed by atoms with van der Waals surface area (Å²) in [7, 11) is 0. The average Bonchev–Trinajstić information content (AvgIpc) is 2.84. The van der Waals surface area contributed by atoms with Crippen molar-refractivity contribution in [2.24, 2.45) is 0 Å². The van der Waals surface area contributed by atoms with Crippen LogP contribution in [0.2, 0.25) is 0 Å². The third-order valence-electron chi connectivity index (χ3n) is 3.88. The lowest BCUT2D eigenvalue weighted by Crippen LogP contribution is -2.29. The first-order valence-corrected chi connectivity index (χ1v) is 7.40. The second-order valence-corrected chi connectivity index (χ2v) is 5.72. The van der Waals surface area contributed by atoms with E-state index in [0.717, 1.165) is 30.8 Å². The zero-order valence-corrected chi connectivity index (χ0v) is 12.2.